The minimum atomic E-state index is -4.55. The number of nitrogens with one attached hydrogen (secondary N) is 1. The number of nitriles is 1. The first-order valence-corrected chi connectivity index (χ1v) is 6.47. The maximum absolute atomic E-state index is 12.9. The van der Waals surface area contributed by atoms with Crippen LogP contribution in [0.25, 0.3) is 11.1 Å². The van der Waals surface area contributed by atoms with E-state index < -0.39 is 11.9 Å². The van der Waals surface area contributed by atoms with E-state index in [1.807, 2.05) is 19.9 Å². The highest BCUT2D eigenvalue weighted by molar-refractivity contribution is 7.71. The number of nitrogens with zero attached hydrogens (tertiary/aromatic N) is 1. The molecule has 0 aliphatic heterocycles. The van der Waals surface area contributed by atoms with E-state index in [1.165, 1.54) is 0 Å². The van der Waals surface area contributed by atoms with Gasteiger partial charge in [0.1, 0.15) is 16.4 Å². The van der Waals surface area contributed by atoms with Crippen LogP contribution in [0.4, 0.5) is 13.2 Å². The number of benzene rings is 1. The van der Waals surface area contributed by atoms with Gasteiger partial charge in [-0.1, -0.05) is 30.4 Å². The van der Waals surface area contributed by atoms with E-state index in [-0.39, 0.29) is 15.8 Å². The van der Waals surface area contributed by atoms with Gasteiger partial charge in [-0.2, -0.15) is 18.4 Å². The first-order valence-electron chi connectivity index (χ1n) is 6.06. The Labute approximate surface area is 124 Å². The van der Waals surface area contributed by atoms with E-state index in [4.69, 9.17) is 17.5 Å². The molecule has 21 heavy (non-hydrogen) atoms. The van der Waals surface area contributed by atoms with Crippen molar-refractivity contribution in [3.8, 4) is 17.2 Å². The third-order valence-corrected chi connectivity index (χ3v) is 3.57. The van der Waals surface area contributed by atoms with Crippen LogP contribution in [0.15, 0.2) is 24.3 Å². The number of aryl methyl sites for hydroxylation is 2. The van der Waals surface area contributed by atoms with Crippen LogP contribution in [0, 0.1) is 29.8 Å². The van der Waals surface area contributed by atoms with Gasteiger partial charge in [-0.15, -0.1) is 0 Å². The van der Waals surface area contributed by atoms with Crippen LogP contribution in [0.5, 0.6) is 0 Å². The fraction of sp³-hybridized carbons (Fsp3) is 0.200. The SMILES string of the molecule is Cc1ccc(-c2cc(C(F)(F)F)[nH]c(=S)c2C#N)cc1C. The molecule has 0 aliphatic rings. The fourth-order valence-corrected chi connectivity index (χ4v) is 2.23. The summed E-state index contributed by atoms with van der Waals surface area (Å²) < 4.78 is 38.4. The summed E-state index contributed by atoms with van der Waals surface area (Å²) in [5, 5.41) is 9.16. The van der Waals surface area contributed by atoms with Crippen LogP contribution in [-0.4, -0.2) is 4.98 Å². The van der Waals surface area contributed by atoms with Crippen molar-refractivity contribution >= 4 is 12.2 Å². The van der Waals surface area contributed by atoms with Crippen molar-refractivity contribution in [2.45, 2.75) is 20.0 Å². The molecule has 0 saturated heterocycles. The molecule has 0 amide bonds. The number of aromatic amines is 1. The lowest BCUT2D eigenvalue weighted by molar-refractivity contribution is -0.141. The van der Waals surface area contributed by atoms with Gasteiger partial charge in [-0.3, -0.25) is 0 Å². The molecule has 0 unspecified atom stereocenters. The summed E-state index contributed by atoms with van der Waals surface area (Å²) in [5.74, 6) is 0. The number of aromatic nitrogens is 1. The van der Waals surface area contributed by atoms with Gasteiger partial charge in [0.15, 0.2) is 0 Å². The molecule has 0 radical (unpaired) electrons. The van der Waals surface area contributed by atoms with Gasteiger partial charge in [0.05, 0.1) is 5.56 Å². The van der Waals surface area contributed by atoms with Crippen LogP contribution in [-0.2, 0) is 6.18 Å². The summed E-state index contributed by atoms with van der Waals surface area (Å²) in [7, 11) is 0. The van der Waals surface area contributed by atoms with Crippen molar-refractivity contribution in [3.63, 3.8) is 0 Å². The molecule has 6 heteroatoms. The third-order valence-electron chi connectivity index (χ3n) is 3.27. The van der Waals surface area contributed by atoms with E-state index >= 15 is 0 Å². The molecule has 2 nitrogen and oxygen atoms in total. The van der Waals surface area contributed by atoms with Gasteiger partial charge in [0.2, 0.25) is 0 Å². The number of halogens is 3. The topological polar surface area (TPSA) is 39.6 Å². The molecule has 0 saturated carbocycles. The Bertz CT molecular complexity index is 798. The highest BCUT2D eigenvalue weighted by Crippen LogP contribution is 2.33. The number of alkyl halides is 3. The van der Waals surface area contributed by atoms with Crippen molar-refractivity contribution in [1.82, 2.24) is 4.98 Å². The fourth-order valence-electron chi connectivity index (χ4n) is 1.96. The zero-order chi connectivity index (χ0) is 15.8. The van der Waals surface area contributed by atoms with Crippen molar-refractivity contribution in [2.75, 3.05) is 0 Å². The summed E-state index contributed by atoms with van der Waals surface area (Å²) in [6.45, 7) is 3.77. The first kappa shape index (κ1) is 15.3. The van der Waals surface area contributed by atoms with Crippen molar-refractivity contribution in [2.24, 2.45) is 0 Å². The Balaban J connectivity index is 2.77. The molecule has 108 valence electrons. The molecule has 0 bridgehead atoms. The Morgan fingerprint density at radius 2 is 1.81 bits per heavy atom. The van der Waals surface area contributed by atoms with E-state index in [1.54, 1.807) is 18.2 Å². The third kappa shape index (κ3) is 2.98. The number of pyridine rings is 1. The molecule has 1 aromatic carbocycles. The van der Waals surface area contributed by atoms with Crippen LogP contribution in [0.1, 0.15) is 22.4 Å². The van der Waals surface area contributed by atoms with Crippen LogP contribution >= 0.6 is 12.2 Å². The van der Waals surface area contributed by atoms with E-state index in [0.717, 1.165) is 17.2 Å². The van der Waals surface area contributed by atoms with Gasteiger partial charge in [0.25, 0.3) is 0 Å². The van der Waals surface area contributed by atoms with Gasteiger partial charge >= 0.3 is 6.18 Å². The number of hydrogen-bond donors (Lipinski definition) is 1. The highest BCUT2D eigenvalue weighted by Gasteiger charge is 2.32. The quantitative estimate of drug-likeness (QED) is 0.760. The molecule has 1 heterocycles. The molecule has 0 spiro atoms. The Hall–Kier alpha value is -2.13. The smallest absolute Gasteiger partial charge is 0.341 e. The lowest BCUT2D eigenvalue weighted by Gasteiger charge is -2.12. The summed E-state index contributed by atoms with van der Waals surface area (Å²) in [4.78, 5) is 2.07. The normalized spacial score (nSPS) is 11.2. The van der Waals surface area contributed by atoms with Gasteiger partial charge in [-0.25, -0.2) is 0 Å². The second kappa shape index (κ2) is 5.34. The Morgan fingerprint density at radius 1 is 1.14 bits per heavy atom. The Kier molecular flexibility index (Phi) is 3.88. The maximum atomic E-state index is 12.9. The molecule has 1 N–H and O–H groups in total. The molecule has 0 atom stereocenters. The minimum absolute atomic E-state index is 0.0428. The molecule has 2 aromatic rings. The van der Waals surface area contributed by atoms with Crippen molar-refractivity contribution < 1.29 is 13.2 Å². The van der Waals surface area contributed by atoms with Crippen LogP contribution in [0.2, 0.25) is 0 Å². The average molecular weight is 308 g/mol. The monoisotopic (exact) mass is 308 g/mol. The number of hydrogen-bond acceptors (Lipinski definition) is 2. The predicted octanol–water partition coefficient (Wildman–Crippen LogP) is 4.92. The summed E-state index contributed by atoms with van der Waals surface area (Å²) in [6.07, 6.45) is -4.55. The zero-order valence-corrected chi connectivity index (χ0v) is 12.1. The Morgan fingerprint density at radius 3 is 2.33 bits per heavy atom. The summed E-state index contributed by atoms with van der Waals surface area (Å²) in [6, 6.07) is 8.04. The first-order chi connectivity index (χ1) is 9.74. The van der Waals surface area contributed by atoms with Gasteiger partial charge in [-0.05, 0) is 36.6 Å². The average Bonchev–Trinajstić information content (AvgIpc) is 2.40. The van der Waals surface area contributed by atoms with E-state index in [2.05, 4.69) is 4.98 Å². The lowest BCUT2D eigenvalue weighted by Crippen LogP contribution is -2.09. The second-order valence-electron chi connectivity index (χ2n) is 4.71. The molecule has 0 fully saturated rings. The van der Waals surface area contributed by atoms with Crippen LogP contribution < -0.4 is 0 Å². The minimum Gasteiger partial charge on any atom is -0.341 e. The summed E-state index contributed by atoms with van der Waals surface area (Å²) in [5.41, 5.74) is 1.77. The number of rotatable bonds is 1. The lowest BCUT2D eigenvalue weighted by atomic mass is 9.97. The van der Waals surface area contributed by atoms with Crippen LogP contribution in [0.3, 0.4) is 0 Å². The standard InChI is InChI=1S/C15H11F3N2S/c1-8-3-4-10(5-9(8)2)11-6-13(15(16,17)18)20-14(21)12(11)7-19/h3-6H,1-2H3,(H,20,21). The molecule has 2 rings (SSSR count). The van der Waals surface area contributed by atoms with Gasteiger partial charge in [0, 0.05) is 5.56 Å². The summed E-state index contributed by atoms with van der Waals surface area (Å²) >= 11 is 4.88. The molecular weight excluding hydrogens is 297 g/mol. The second-order valence-corrected chi connectivity index (χ2v) is 5.12. The predicted molar refractivity (Wildman–Crippen MR) is 76.3 cm³/mol. The maximum Gasteiger partial charge on any atom is 0.431 e. The molecular formula is C15H11F3N2S. The number of H-pyrrole nitrogens is 1. The van der Waals surface area contributed by atoms with E-state index in [0.29, 0.717) is 5.56 Å². The molecule has 0 aliphatic carbocycles. The highest BCUT2D eigenvalue weighted by atomic mass is 32.1. The molecule has 1 aromatic heterocycles. The van der Waals surface area contributed by atoms with Crippen molar-refractivity contribution in [3.05, 3.63) is 51.3 Å². The van der Waals surface area contributed by atoms with E-state index in [9.17, 15) is 13.2 Å². The zero-order valence-electron chi connectivity index (χ0n) is 11.3. The van der Waals surface area contributed by atoms with Crippen molar-refractivity contribution in [1.29, 1.82) is 5.26 Å². The van der Waals surface area contributed by atoms with Gasteiger partial charge < -0.3 is 4.98 Å². The largest absolute Gasteiger partial charge is 0.431 e.